The Morgan fingerprint density at radius 2 is 0.707 bits per heavy atom. The van der Waals surface area contributed by atoms with Gasteiger partial charge in [0.15, 0.2) is 81.6 Å². The molecular formula is C104H140O43. The first kappa shape index (κ1) is 119. The lowest BCUT2D eigenvalue weighted by atomic mass is 9.99. The summed E-state index contributed by atoms with van der Waals surface area (Å²) in [5.74, 6) is -1.45. The number of aliphatic hydroxyl groups is 21. The van der Waals surface area contributed by atoms with Crippen LogP contribution in [0.5, 0.6) is 80.5 Å². The van der Waals surface area contributed by atoms with Gasteiger partial charge in [0, 0.05) is 16.7 Å². The lowest BCUT2D eigenvalue weighted by Crippen LogP contribution is -2.60. The first-order valence-corrected chi connectivity index (χ1v) is 47.9. The number of unbranched alkanes of at least 4 members (excludes halogenated alkanes) is 3. The number of carbonyl (C=O) groups excluding carboxylic acids is 2. The maximum Gasteiger partial charge on any atom is 0.338 e. The highest BCUT2D eigenvalue weighted by Crippen LogP contribution is 2.44. The third-order valence-electron chi connectivity index (χ3n) is 25.0. The topological polar surface area (TPSA) is 677 Å². The van der Waals surface area contributed by atoms with E-state index in [2.05, 4.69) is 20.8 Å². The molecule has 4 fully saturated rings. The van der Waals surface area contributed by atoms with E-state index in [0.29, 0.717) is 56.2 Å². The zero-order valence-electron chi connectivity index (χ0n) is 83.5. The van der Waals surface area contributed by atoms with Crippen molar-refractivity contribution < 1.29 is 213 Å². The smallest absolute Gasteiger partial charge is 0.338 e. The molecule has 43 heteroatoms. The first-order valence-electron chi connectivity index (χ1n) is 47.9. The van der Waals surface area contributed by atoms with E-state index in [-0.39, 0.29) is 76.9 Å². The Morgan fingerprint density at radius 3 is 1.07 bits per heavy atom. The number of hydrogen-bond donors (Lipinski definition) is 24. The fourth-order valence-corrected chi connectivity index (χ4v) is 16.1. The molecule has 4 aliphatic heterocycles. The molecule has 0 aliphatic carbocycles. The highest BCUT2D eigenvalue weighted by molar-refractivity contribution is 5.92. The van der Waals surface area contributed by atoms with Gasteiger partial charge in [0.05, 0.1) is 105 Å². The summed E-state index contributed by atoms with van der Waals surface area (Å²) in [4.78, 5) is 24.1. The van der Waals surface area contributed by atoms with Gasteiger partial charge in [0.1, 0.15) is 122 Å². The monoisotopic (exact) mass is 2080 g/mol. The second-order valence-corrected chi connectivity index (χ2v) is 35.5. The SMILES string of the molecule is CCCCc1cc(CO)c(OC(CO)C(O)c2ccc(OC3OC(C)C(O)C(O)C3O)c(OC)c2)c(OC)c1.CCCCc1ccc(OC(CO)C(O)c2ccc(OC3OC(C)C(O)C(O)C3O)c(OC)c2)c(CO)c1.CCCCc1ccc(OC(CO)C(O)c2ccc(OC3OC(C)C(O)C(O)C3O)c(OC)c2)c(CO)c1.COC(=O)c1cc(OC2OC(COC(=O)c3cc(O)c(O)c(O)c3)C(O)C(O)C2O)ccc1C. The van der Waals surface area contributed by atoms with E-state index in [1.165, 1.54) is 97.1 Å². The second kappa shape index (κ2) is 57.1. The number of phenolic OH excluding ortho intramolecular Hbond substituents is 3. The molecule has 26 atom stereocenters. The molecule has 4 heterocycles. The highest BCUT2D eigenvalue weighted by atomic mass is 16.7. The molecule has 0 bridgehead atoms. The molecule has 0 amide bonds. The Bertz CT molecular complexity index is 5230. The average Bonchev–Trinajstić information content (AvgIpc) is 0.809. The predicted molar refractivity (Wildman–Crippen MR) is 518 cm³/mol. The minimum atomic E-state index is -1.73. The van der Waals surface area contributed by atoms with E-state index in [9.17, 15) is 132 Å². The molecule has 43 nitrogen and oxygen atoms in total. The molecule has 24 N–H and O–H groups in total. The van der Waals surface area contributed by atoms with Crippen molar-refractivity contribution in [1.29, 1.82) is 0 Å². The van der Waals surface area contributed by atoms with Crippen molar-refractivity contribution in [3.8, 4) is 80.5 Å². The number of ether oxygens (including phenoxy) is 17. The summed E-state index contributed by atoms with van der Waals surface area (Å²) in [6.45, 7) is 9.65. The molecular weight excluding hydrogens is 1940 g/mol. The number of aromatic hydroxyl groups is 3. The molecule has 26 unspecified atom stereocenters. The van der Waals surface area contributed by atoms with Gasteiger partial charge in [-0.05, 0) is 202 Å². The summed E-state index contributed by atoms with van der Waals surface area (Å²) in [5, 5.41) is 242. The molecule has 814 valence electrons. The van der Waals surface area contributed by atoms with Crippen LogP contribution in [-0.2, 0) is 67.5 Å². The molecule has 0 aromatic heterocycles. The normalized spacial score (nSPS) is 24.9. The quantitative estimate of drug-likeness (QED) is 0.0192. The number of esters is 2. The van der Waals surface area contributed by atoms with Crippen LogP contribution in [0.4, 0.5) is 0 Å². The molecule has 147 heavy (non-hydrogen) atoms. The summed E-state index contributed by atoms with van der Waals surface area (Å²) in [6, 6.07) is 34.3. The minimum Gasteiger partial charge on any atom is -0.504 e. The second-order valence-electron chi connectivity index (χ2n) is 35.5. The lowest BCUT2D eigenvalue weighted by molar-refractivity contribution is -0.277. The van der Waals surface area contributed by atoms with Gasteiger partial charge in [0.25, 0.3) is 0 Å². The maximum atomic E-state index is 12.2. The standard InChI is InChI=1S/C28H40O11.2C27H38O10.C22H24O12/c1-5-6-7-16-10-18(13-29)27(21(11-16)36-4)38-22(14-30)24(32)17-8-9-19(20(12-17)35-3)39-28-26(34)25(33)23(31)15(2)37-28;2*1-4-5-6-16-7-9-19(18(11-16)13-28)36-22(14-29)24(31)17-8-10-20(21(12-17)34-3)37-27-26(33)25(32)23(30)15(2)35-27;1-9-3-4-11(7-12(9)21(30)31-2)33-22-19(28)18(27)17(26)15(34-22)8-32-20(29)10-5-13(23)16(25)14(24)6-10/h8-12,15,22-26,28-34H,5-7,13-14H2,1-4H3;2*7-12,15,22-33H,4-6,13-14H2,1-3H3;3-7,15,17-19,22-28H,8H2,1-2H3. The predicted octanol–water partition coefficient (Wildman–Crippen LogP) is 3.58. The molecule has 8 aromatic rings. The summed E-state index contributed by atoms with van der Waals surface area (Å²) < 4.78 is 93.8. The largest absolute Gasteiger partial charge is 0.504 e. The number of phenols is 3. The van der Waals surface area contributed by atoms with Crippen LogP contribution in [0.15, 0.2) is 133 Å². The van der Waals surface area contributed by atoms with Crippen molar-refractivity contribution in [3.05, 3.63) is 200 Å². The van der Waals surface area contributed by atoms with Crippen molar-refractivity contribution in [2.75, 3.05) is 62.0 Å². The zero-order chi connectivity index (χ0) is 108. The Labute approximate surface area is 849 Å². The van der Waals surface area contributed by atoms with Crippen LogP contribution in [0.2, 0.25) is 0 Å². The van der Waals surface area contributed by atoms with Crippen LogP contribution in [0, 0.1) is 6.92 Å². The van der Waals surface area contributed by atoms with E-state index in [0.717, 1.165) is 86.6 Å². The van der Waals surface area contributed by atoms with Crippen molar-refractivity contribution in [2.45, 2.75) is 286 Å². The molecule has 4 aliphatic rings. The van der Waals surface area contributed by atoms with Crippen LogP contribution in [0.25, 0.3) is 0 Å². The number of rotatable bonds is 43. The number of carbonyl (C=O) groups is 2. The van der Waals surface area contributed by atoms with Gasteiger partial charge >= 0.3 is 11.9 Å². The third-order valence-corrected chi connectivity index (χ3v) is 25.0. The molecule has 0 radical (unpaired) electrons. The number of aliphatic hydroxyl groups excluding tert-OH is 21. The molecule has 8 aromatic carbocycles. The maximum absolute atomic E-state index is 12.2. The lowest BCUT2D eigenvalue weighted by Gasteiger charge is -2.39. The number of hydrogen-bond acceptors (Lipinski definition) is 43. The number of methoxy groups -OCH3 is 5. The van der Waals surface area contributed by atoms with Crippen molar-refractivity contribution >= 4 is 11.9 Å². The first-order chi connectivity index (χ1) is 70.2. The summed E-state index contributed by atoms with van der Waals surface area (Å²) in [7, 11) is 6.87. The van der Waals surface area contributed by atoms with E-state index in [1.807, 2.05) is 36.4 Å². The van der Waals surface area contributed by atoms with Gasteiger partial charge in [-0.3, -0.25) is 0 Å². The van der Waals surface area contributed by atoms with Crippen molar-refractivity contribution in [2.24, 2.45) is 0 Å². The van der Waals surface area contributed by atoms with E-state index in [1.54, 1.807) is 51.1 Å². The summed E-state index contributed by atoms with van der Waals surface area (Å²) in [6.07, 6.45) is -25.0. The Kier molecular flexibility index (Phi) is 46.4. The molecule has 0 saturated carbocycles. The van der Waals surface area contributed by atoms with Gasteiger partial charge in [-0.1, -0.05) is 76.4 Å². The third kappa shape index (κ3) is 30.9. The van der Waals surface area contributed by atoms with Crippen LogP contribution in [0.3, 0.4) is 0 Å². The zero-order valence-corrected chi connectivity index (χ0v) is 83.5. The number of aryl methyl sites for hydroxylation is 4. The fraction of sp³-hybridized carbons (Fsp3) is 0.519. The van der Waals surface area contributed by atoms with Crippen LogP contribution in [-0.4, -0.2) is 338 Å². The molecule has 0 spiro atoms. The van der Waals surface area contributed by atoms with Gasteiger partial charge in [-0.15, -0.1) is 0 Å². The van der Waals surface area contributed by atoms with E-state index >= 15 is 0 Å². The molecule has 4 saturated heterocycles. The minimum absolute atomic E-state index is 0.101. The Morgan fingerprint density at radius 1 is 0.354 bits per heavy atom. The highest BCUT2D eigenvalue weighted by Gasteiger charge is 2.49. The van der Waals surface area contributed by atoms with Gasteiger partial charge < -0.3 is 203 Å². The van der Waals surface area contributed by atoms with Gasteiger partial charge in [0.2, 0.25) is 25.2 Å². The summed E-state index contributed by atoms with van der Waals surface area (Å²) >= 11 is 0. The van der Waals surface area contributed by atoms with E-state index < -0.39 is 215 Å². The number of benzene rings is 8. The Balaban J connectivity index is 0.000000218. The van der Waals surface area contributed by atoms with Crippen LogP contribution >= 0.6 is 0 Å². The average molecular weight is 2080 g/mol. The fourth-order valence-electron chi connectivity index (χ4n) is 16.1. The summed E-state index contributed by atoms with van der Waals surface area (Å²) in [5.41, 5.74) is 6.29. The van der Waals surface area contributed by atoms with Crippen LogP contribution in [0.1, 0.15) is 175 Å². The van der Waals surface area contributed by atoms with Gasteiger partial charge in [-0.2, -0.15) is 0 Å². The van der Waals surface area contributed by atoms with E-state index in [4.69, 9.17) is 80.5 Å². The van der Waals surface area contributed by atoms with Crippen molar-refractivity contribution in [1.82, 2.24) is 0 Å². The van der Waals surface area contributed by atoms with Crippen LogP contribution < -0.4 is 52.1 Å². The van der Waals surface area contributed by atoms with Crippen molar-refractivity contribution in [3.63, 3.8) is 0 Å². The molecule has 12 rings (SSSR count). The van der Waals surface area contributed by atoms with Gasteiger partial charge in [-0.25, -0.2) is 9.59 Å². The Hall–Kier alpha value is -11.1.